The van der Waals surface area contributed by atoms with E-state index in [4.69, 9.17) is 23.7 Å². The number of pyridine rings is 1. The lowest BCUT2D eigenvalue weighted by Gasteiger charge is -2.31. The summed E-state index contributed by atoms with van der Waals surface area (Å²) < 4.78 is 40.9. The van der Waals surface area contributed by atoms with Gasteiger partial charge in [-0.2, -0.15) is 0 Å². The molecule has 2 heterocycles. The zero-order chi connectivity index (χ0) is 28.6. The van der Waals surface area contributed by atoms with Crippen LogP contribution in [0.4, 0.5) is 4.39 Å². The number of amides is 1. The Kier molecular flexibility index (Phi) is 9.92. The van der Waals surface area contributed by atoms with E-state index in [0.29, 0.717) is 18.9 Å². The van der Waals surface area contributed by atoms with Gasteiger partial charge in [-0.05, 0) is 49.3 Å². The molecule has 40 heavy (non-hydrogen) atoms. The molecule has 1 amide bonds. The Morgan fingerprint density at radius 1 is 1.15 bits per heavy atom. The first kappa shape index (κ1) is 29.3. The van der Waals surface area contributed by atoms with E-state index in [-0.39, 0.29) is 41.5 Å². The number of methoxy groups -OCH3 is 1. The largest absolute Gasteiger partial charge is 0.493 e. The number of carbonyl (C=O) groups excluding carboxylic acids is 3. The van der Waals surface area contributed by atoms with Gasteiger partial charge in [-0.3, -0.25) is 9.59 Å². The van der Waals surface area contributed by atoms with Crippen LogP contribution in [-0.4, -0.2) is 62.1 Å². The molecule has 0 bridgehead atoms. The second-order valence-corrected chi connectivity index (χ2v) is 10.2. The molecule has 1 aliphatic heterocycles. The molecule has 0 unspecified atom stereocenters. The molecule has 1 saturated heterocycles. The van der Waals surface area contributed by atoms with Gasteiger partial charge in [0.1, 0.15) is 11.9 Å². The van der Waals surface area contributed by atoms with E-state index >= 15 is 0 Å². The number of nitrogens with one attached hydrogen (secondary N) is 1. The number of hydrogen-bond acceptors (Lipinski definition) is 9. The van der Waals surface area contributed by atoms with E-state index < -0.39 is 36.8 Å². The normalized spacial score (nSPS) is 23.1. The van der Waals surface area contributed by atoms with Crippen LogP contribution in [0, 0.1) is 23.6 Å². The molecule has 0 radical (unpaired) electrons. The quantitative estimate of drug-likeness (QED) is 0.345. The van der Waals surface area contributed by atoms with Gasteiger partial charge in [0.05, 0.1) is 13.7 Å². The Bertz CT molecular complexity index is 1190. The number of carbonyl (C=O) groups is 3. The molecule has 1 saturated carbocycles. The molecule has 1 aromatic heterocycles. The van der Waals surface area contributed by atoms with Crippen LogP contribution in [0.1, 0.15) is 49.2 Å². The molecule has 1 N–H and O–H groups in total. The van der Waals surface area contributed by atoms with Crippen LogP contribution in [-0.2, 0) is 30.2 Å². The number of ether oxygens (including phenoxy) is 5. The summed E-state index contributed by atoms with van der Waals surface area (Å²) in [6.07, 6.45) is 4.77. The Morgan fingerprint density at radius 3 is 2.58 bits per heavy atom. The van der Waals surface area contributed by atoms with Crippen molar-refractivity contribution in [3.63, 3.8) is 0 Å². The minimum Gasteiger partial charge on any atom is -0.493 e. The fraction of sp³-hybridized carbons (Fsp3) is 0.517. The zero-order valence-corrected chi connectivity index (χ0v) is 22.9. The van der Waals surface area contributed by atoms with Crippen molar-refractivity contribution in [3.05, 3.63) is 53.6 Å². The van der Waals surface area contributed by atoms with Crippen LogP contribution in [0.25, 0.3) is 0 Å². The van der Waals surface area contributed by atoms with Crippen molar-refractivity contribution in [1.29, 1.82) is 0 Å². The monoisotopic (exact) mass is 558 g/mol. The van der Waals surface area contributed by atoms with Gasteiger partial charge in [0, 0.05) is 31.7 Å². The number of hydrogen-bond donors (Lipinski definition) is 1. The molecular weight excluding hydrogens is 523 g/mol. The van der Waals surface area contributed by atoms with Crippen molar-refractivity contribution in [3.8, 4) is 11.5 Å². The van der Waals surface area contributed by atoms with Crippen molar-refractivity contribution in [2.75, 3.05) is 27.1 Å². The van der Waals surface area contributed by atoms with E-state index in [1.54, 1.807) is 12.1 Å². The summed E-state index contributed by atoms with van der Waals surface area (Å²) in [6, 6.07) is 6.73. The predicted octanol–water partition coefficient (Wildman–Crippen LogP) is 3.46. The molecule has 11 heteroatoms. The zero-order valence-electron chi connectivity index (χ0n) is 22.9. The molecule has 10 nitrogen and oxygen atoms in total. The van der Waals surface area contributed by atoms with Crippen molar-refractivity contribution in [1.82, 2.24) is 10.3 Å². The molecule has 2 aliphatic rings. The standard InChI is InChI=1S/C29H35FN2O8/c1-17-23(13-20-6-8-22(30)9-7-20)21(12-19-4-5-19)14-37-15-24(29(35)40-17)32-28(34)26-27(39-16-38-18(2)33)25(36-3)10-11-31-26/h6-11,17,19,21,23-24H,4-5,12-16H2,1-3H3,(H,32,34)/t17-,21-,23-,24-/m0/s1. The maximum absolute atomic E-state index is 13.5. The lowest BCUT2D eigenvalue weighted by Crippen LogP contribution is -2.46. The lowest BCUT2D eigenvalue weighted by molar-refractivity contribution is -0.154. The van der Waals surface area contributed by atoms with Gasteiger partial charge in [-0.15, -0.1) is 0 Å². The number of esters is 2. The van der Waals surface area contributed by atoms with Crippen LogP contribution in [0.5, 0.6) is 11.5 Å². The number of cyclic esters (lactones) is 1. The molecule has 4 rings (SSSR count). The van der Waals surface area contributed by atoms with Crippen LogP contribution in [0.3, 0.4) is 0 Å². The van der Waals surface area contributed by atoms with Crippen molar-refractivity contribution < 1.29 is 42.5 Å². The lowest BCUT2D eigenvalue weighted by atomic mass is 9.80. The summed E-state index contributed by atoms with van der Waals surface area (Å²) >= 11 is 0. The van der Waals surface area contributed by atoms with Crippen molar-refractivity contribution in [2.24, 2.45) is 17.8 Å². The molecular formula is C29H35FN2O8. The van der Waals surface area contributed by atoms with Crippen LogP contribution in [0.15, 0.2) is 36.5 Å². The van der Waals surface area contributed by atoms with Crippen LogP contribution >= 0.6 is 0 Å². The van der Waals surface area contributed by atoms with Crippen molar-refractivity contribution >= 4 is 17.8 Å². The average Bonchev–Trinajstić information content (AvgIpc) is 3.74. The highest BCUT2D eigenvalue weighted by Gasteiger charge is 2.38. The van der Waals surface area contributed by atoms with E-state index in [1.165, 1.54) is 51.3 Å². The highest BCUT2D eigenvalue weighted by Crippen LogP contribution is 2.40. The molecule has 1 aliphatic carbocycles. The first-order valence-corrected chi connectivity index (χ1v) is 13.4. The highest BCUT2D eigenvalue weighted by molar-refractivity contribution is 5.98. The summed E-state index contributed by atoms with van der Waals surface area (Å²) in [5.74, 6) is -1.38. The van der Waals surface area contributed by atoms with E-state index in [9.17, 15) is 18.8 Å². The van der Waals surface area contributed by atoms with Gasteiger partial charge in [0.25, 0.3) is 5.91 Å². The second-order valence-electron chi connectivity index (χ2n) is 10.2. The van der Waals surface area contributed by atoms with E-state index in [1.807, 2.05) is 6.92 Å². The smallest absolute Gasteiger partial charge is 0.331 e. The third kappa shape index (κ3) is 7.91. The first-order valence-electron chi connectivity index (χ1n) is 13.4. The fourth-order valence-corrected chi connectivity index (χ4v) is 4.91. The maximum Gasteiger partial charge on any atom is 0.331 e. The summed E-state index contributed by atoms with van der Waals surface area (Å²) in [6.45, 7) is 2.92. The number of halogens is 1. The van der Waals surface area contributed by atoms with Crippen molar-refractivity contribution in [2.45, 2.75) is 51.7 Å². The molecule has 4 atom stereocenters. The Balaban J connectivity index is 1.50. The molecule has 2 aromatic rings. The second kappa shape index (κ2) is 13.6. The minimum atomic E-state index is -1.10. The predicted molar refractivity (Wildman–Crippen MR) is 140 cm³/mol. The minimum absolute atomic E-state index is 0.0432. The van der Waals surface area contributed by atoms with E-state index in [0.717, 1.165) is 12.0 Å². The molecule has 1 aromatic carbocycles. The van der Waals surface area contributed by atoms with Gasteiger partial charge >= 0.3 is 11.9 Å². The number of nitrogens with zero attached hydrogens (tertiary/aromatic N) is 1. The Labute approximate surface area is 232 Å². The first-order chi connectivity index (χ1) is 19.2. The van der Waals surface area contributed by atoms with E-state index in [2.05, 4.69) is 10.3 Å². The van der Waals surface area contributed by atoms with Gasteiger partial charge in [0.2, 0.25) is 6.79 Å². The van der Waals surface area contributed by atoms with Gasteiger partial charge < -0.3 is 29.0 Å². The number of rotatable bonds is 10. The fourth-order valence-electron chi connectivity index (χ4n) is 4.91. The van der Waals surface area contributed by atoms with Gasteiger partial charge in [0.15, 0.2) is 23.2 Å². The summed E-state index contributed by atoms with van der Waals surface area (Å²) in [4.78, 5) is 41.7. The topological polar surface area (TPSA) is 122 Å². The highest BCUT2D eigenvalue weighted by atomic mass is 19.1. The SMILES string of the molecule is COc1ccnc(C(=O)N[C@H]2COC[C@H](CC3CC3)[C@@H](Cc3ccc(F)cc3)[C@H](C)OC2=O)c1OCOC(C)=O. The Hall–Kier alpha value is -3.73. The van der Waals surface area contributed by atoms with Crippen LogP contribution in [0.2, 0.25) is 0 Å². The number of aromatic nitrogens is 1. The average molecular weight is 559 g/mol. The molecule has 0 spiro atoms. The number of benzene rings is 1. The summed E-state index contributed by atoms with van der Waals surface area (Å²) in [5, 5.41) is 2.64. The Morgan fingerprint density at radius 2 is 1.90 bits per heavy atom. The van der Waals surface area contributed by atoms with Crippen LogP contribution < -0.4 is 14.8 Å². The summed E-state index contributed by atoms with van der Waals surface area (Å²) in [5.41, 5.74) is 0.789. The molecule has 2 fully saturated rings. The van der Waals surface area contributed by atoms with Gasteiger partial charge in [-0.1, -0.05) is 25.0 Å². The maximum atomic E-state index is 13.5. The summed E-state index contributed by atoms with van der Waals surface area (Å²) in [7, 11) is 1.39. The third-order valence-corrected chi connectivity index (χ3v) is 7.20. The third-order valence-electron chi connectivity index (χ3n) is 7.20. The van der Waals surface area contributed by atoms with Gasteiger partial charge in [-0.25, -0.2) is 14.2 Å². The molecule has 216 valence electrons.